The molecule has 3 heterocycles. The lowest BCUT2D eigenvalue weighted by Gasteiger charge is -2.23. The number of anilines is 1. The summed E-state index contributed by atoms with van der Waals surface area (Å²) in [6, 6.07) is 3.05. The number of amides is 2. The minimum atomic E-state index is -0.447. The van der Waals surface area contributed by atoms with Crippen molar-refractivity contribution >= 4 is 40.0 Å². The number of likely N-dealkylation sites (tertiary alicyclic amines) is 1. The maximum absolute atomic E-state index is 12.8. The Kier molecular flexibility index (Phi) is 5.47. The quantitative estimate of drug-likeness (QED) is 0.828. The Balaban J connectivity index is 1.73. The smallest absolute Gasteiger partial charge is 0.254 e. The van der Waals surface area contributed by atoms with Crippen LogP contribution in [0.2, 0.25) is 0 Å². The molecule has 24 heavy (non-hydrogen) atoms. The second kappa shape index (κ2) is 7.76. The number of carbonyl (C=O) groups excluding carboxylic acids is 2. The molecule has 0 unspecified atom stereocenters. The molecule has 1 atom stereocenters. The van der Waals surface area contributed by atoms with Crippen LogP contribution in [0.1, 0.15) is 30.1 Å². The van der Waals surface area contributed by atoms with Gasteiger partial charge in [0.05, 0.1) is 5.03 Å². The van der Waals surface area contributed by atoms with Crippen LogP contribution in [0.3, 0.4) is 0 Å². The molecule has 2 aromatic rings. The molecule has 1 saturated heterocycles. The molecule has 8 heteroatoms. The molecule has 0 saturated carbocycles. The molecule has 0 radical (unpaired) electrons. The molecule has 0 aliphatic carbocycles. The predicted molar refractivity (Wildman–Crippen MR) is 95.4 cm³/mol. The molecule has 6 nitrogen and oxygen atoms in total. The summed E-state index contributed by atoms with van der Waals surface area (Å²) in [5.74, 6) is 0.605. The van der Waals surface area contributed by atoms with Crippen LogP contribution in [0.15, 0.2) is 34.9 Å². The van der Waals surface area contributed by atoms with E-state index in [4.69, 9.17) is 0 Å². The Bertz CT molecular complexity index is 721. The van der Waals surface area contributed by atoms with Crippen LogP contribution in [0.25, 0.3) is 0 Å². The Morgan fingerprint density at radius 1 is 1.42 bits per heavy atom. The average Bonchev–Trinajstić information content (AvgIpc) is 3.26. The van der Waals surface area contributed by atoms with Crippen LogP contribution in [0.4, 0.5) is 5.13 Å². The van der Waals surface area contributed by atoms with Gasteiger partial charge < -0.3 is 10.2 Å². The molecule has 0 bridgehead atoms. The van der Waals surface area contributed by atoms with E-state index < -0.39 is 6.04 Å². The zero-order valence-electron chi connectivity index (χ0n) is 13.3. The molecule has 1 aliphatic rings. The van der Waals surface area contributed by atoms with Crippen molar-refractivity contribution in [3.63, 3.8) is 0 Å². The van der Waals surface area contributed by atoms with Gasteiger partial charge in [-0.1, -0.05) is 6.92 Å². The number of carbonyl (C=O) groups is 2. The first-order valence-corrected chi connectivity index (χ1v) is 9.65. The second-order valence-electron chi connectivity index (χ2n) is 5.30. The first-order chi connectivity index (χ1) is 11.7. The highest BCUT2D eigenvalue weighted by Gasteiger charge is 2.34. The Morgan fingerprint density at radius 3 is 3.04 bits per heavy atom. The molecule has 0 spiro atoms. The number of aromatic nitrogens is 2. The first-order valence-electron chi connectivity index (χ1n) is 7.79. The summed E-state index contributed by atoms with van der Waals surface area (Å²) in [7, 11) is 0. The van der Waals surface area contributed by atoms with Crippen LogP contribution < -0.4 is 5.32 Å². The zero-order chi connectivity index (χ0) is 16.9. The van der Waals surface area contributed by atoms with Gasteiger partial charge in [0.2, 0.25) is 5.91 Å². The molecule has 1 aliphatic heterocycles. The van der Waals surface area contributed by atoms with Crippen LogP contribution in [-0.4, -0.2) is 45.0 Å². The van der Waals surface area contributed by atoms with Crippen molar-refractivity contribution in [2.24, 2.45) is 0 Å². The molecule has 1 N–H and O–H groups in total. The number of nitrogens with one attached hydrogen (secondary N) is 1. The normalized spacial score (nSPS) is 17.0. The van der Waals surface area contributed by atoms with Crippen molar-refractivity contribution in [3.8, 4) is 0 Å². The van der Waals surface area contributed by atoms with Crippen molar-refractivity contribution in [1.29, 1.82) is 0 Å². The van der Waals surface area contributed by atoms with Gasteiger partial charge in [-0.25, -0.2) is 9.97 Å². The van der Waals surface area contributed by atoms with Gasteiger partial charge in [0, 0.05) is 29.9 Å². The highest BCUT2D eigenvalue weighted by Crippen LogP contribution is 2.23. The molecule has 2 aromatic heterocycles. The van der Waals surface area contributed by atoms with Crippen LogP contribution in [0.5, 0.6) is 0 Å². The maximum Gasteiger partial charge on any atom is 0.254 e. The lowest BCUT2D eigenvalue weighted by molar-refractivity contribution is -0.119. The van der Waals surface area contributed by atoms with E-state index in [1.165, 1.54) is 11.3 Å². The SMILES string of the molecule is CCSc1cc(C(=O)N2CCC[C@@H]2C(=O)Nc2nccs2)ccn1. The zero-order valence-corrected chi connectivity index (χ0v) is 14.9. The van der Waals surface area contributed by atoms with Gasteiger partial charge in [0.15, 0.2) is 5.13 Å². The topological polar surface area (TPSA) is 75.2 Å². The van der Waals surface area contributed by atoms with Crippen LogP contribution in [0, 0.1) is 0 Å². The van der Waals surface area contributed by atoms with E-state index in [1.807, 2.05) is 6.92 Å². The van der Waals surface area contributed by atoms with E-state index in [0.29, 0.717) is 23.7 Å². The Morgan fingerprint density at radius 2 is 2.29 bits per heavy atom. The number of thioether (sulfide) groups is 1. The lowest BCUT2D eigenvalue weighted by atomic mass is 10.2. The first kappa shape index (κ1) is 16.9. The highest BCUT2D eigenvalue weighted by molar-refractivity contribution is 7.99. The van der Waals surface area contributed by atoms with Gasteiger partial charge in [0.25, 0.3) is 5.91 Å². The Hall–Kier alpha value is -1.93. The van der Waals surface area contributed by atoms with Crippen molar-refractivity contribution in [2.75, 3.05) is 17.6 Å². The van der Waals surface area contributed by atoms with Crippen molar-refractivity contribution < 1.29 is 9.59 Å². The maximum atomic E-state index is 12.8. The Labute approximate surface area is 148 Å². The summed E-state index contributed by atoms with van der Waals surface area (Å²) in [6.07, 6.45) is 4.78. The van der Waals surface area contributed by atoms with Gasteiger partial charge in [-0.2, -0.15) is 0 Å². The third-order valence-electron chi connectivity index (χ3n) is 3.75. The van der Waals surface area contributed by atoms with E-state index in [-0.39, 0.29) is 11.8 Å². The molecular formula is C16H18N4O2S2. The van der Waals surface area contributed by atoms with E-state index in [2.05, 4.69) is 15.3 Å². The van der Waals surface area contributed by atoms with E-state index in [1.54, 1.807) is 46.6 Å². The van der Waals surface area contributed by atoms with Crippen LogP contribution >= 0.6 is 23.1 Å². The van der Waals surface area contributed by atoms with E-state index >= 15 is 0 Å². The molecule has 0 aromatic carbocycles. The van der Waals surface area contributed by atoms with Gasteiger partial charge in [0.1, 0.15) is 6.04 Å². The minimum absolute atomic E-state index is 0.118. The fourth-order valence-electron chi connectivity index (χ4n) is 2.69. The average molecular weight is 362 g/mol. The minimum Gasteiger partial charge on any atom is -0.327 e. The predicted octanol–water partition coefficient (Wildman–Crippen LogP) is 2.89. The largest absolute Gasteiger partial charge is 0.327 e. The number of thiazole rings is 1. The number of hydrogen-bond donors (Lipinski definition) is 1. The summed E-state index contributed by atoms with van der Waals surface area (Å²) in [5, 5.41) is 5.98. The van der Waals surface area contributed by atoms with Gasteiger partial charge in [-0.15, -0.1) is 23.1 Å². The summed E-state index contributed by atoms with van der Waals surface area (Å²) in [5.41, 5.74) is 0.579. The lowest BCUT2D eigenvalue weighted by Crippen LogP contribution is -2.43. The third-order valence-corrected chi connectivity index (χ3v) is 5.25. The van der Waals surface area contributed by atoms with Crippen molar-refractivity contribution in [2.45, 2.75) is 30.8 Å². The van der Waals surface area contributed by atoms with Gasteiger partial charge in [-0.3, -0.25) is 9.59 Å². The number of nitrogens with zero attached hydrogens (tertiary/aromatic N) is 3. The van der Waals surface area contributed by atoms with Crippen molar-refractivity contribution in [3.05, 3.63) is 35.5 Å². The number of hydrogen-bond acceptors (Lipinski definition) is 6. The highest BCUT2D eigenvalue weighted by atomic mass is 32.2. The molecule has 3 rings (SSSR count). The number of pyridine rings is 1. The fourth-order valence-corrected chi connectivity index (χ4v) is 3.86. The van der Waals surface area contributed by atoms with E-state index in [0.717, 1.165) is 17.2 Å². The third kappa shape index (κ3) is 3.76. The summed E-state index contributed by atoms with van der Waals surface area (Å²) < 4.78 is 0. The van der Waals surface area contributed by atoms with Crippen molar-refractivity contribution in [1.82, 2.24) is 14.9 Å². The summed E-state index contributed by atoms with van der Waals surface area (Å²) in [6.45, 7) is 2.63. The van der Waals surface area contributed by atoms with Gasteiger partial charge in [-0.05, 0) is 30.7 Å². The fraction of sp³-hybridized carbons (Fsp3) is 0.375. The second-order valence-corrected chi connectivity index (χ2v) is 7.48. The standard InChI is InChI=1S/C16H18N4O2S2/c1-2-23-13-10-11(5-6-17-13)15(22)20-8-3-4-12(20)14(21)19-16-18-7-9-24-16/h5-7,9-10,12H,2-4,8H2,1H3,(H,18,19,21)/t12-/m1/s1. The molecular weight excluding hydrogens is 344 g/mol. The van der Waals surface area contributed by atoms with E-state index in [9.17, 15) is 9.59 Å². The molecule has 1 fully saturated rings. The molecule has 126 valence electrons. The summed E-state index contributed by atoms with van der Waals surface area (Å²) >= 11 is 2.96. The van der Waals surface area contributed by atoms with Crippen LogP contribution in [-0.2, 0) is 4.79 Å². The monoisotopic (exact) mass is 362 g/mol. The number of rotatable bonds is 5. The van der Waals surface area contributed by atoms with Gasteiger partial charge >= 0.3 is 0 Å². The molecule has 2 amide bonds. The summed E-state index contributed by atoms with van der Waals surface area (Å²) in [4.78, 5) is 35.2.